The van der Waals surface area contributed by atoms with Gasteiger partial charge in [0.2, 0.25) is 0 Å². The van der Waals surface area contributed by atoms with Gasteiger partial charge in [-0.3, -0.25) is 0 Å². The first-order chi connectivity index (χ1) is 24.1. The summed E-state index contributed by atoms with van der Waals surface area (Å²) < 4.78 is 6.62. The average Bonchev–Trinajstić information content (AvgIpc) is 3.70. The Morgan fingerprint density at radius 1 is 0.596 bits per heavy atom. The first-order valence-electron chi connectivity index (χ1n) is 18.8. The van der Waals surface area contributed by atoms with Gasteiger partial charge in [-0.25, -0.2) is 0 Å². The molecule has 3 atom stereocenters. The predicted molar refractivity (Wildman–Crippen MR) is 234 cm³/mol. The van der Waals surface area contributed by atoms with Crippen LogP contribution in [0.3, 0.4) is 0 Å². The maximum atomic E-state index is 2.82. The van der Waals surface area contributed by atoms with Crippen LogP contribution in [0.25, 0.3) is 56.0 Å². The molecule has 0 heterocycles. The van der Waals surface area contributed by atoms with Crippen LogP contribution in [0.15, 0.2) is 126 Å². The van der Waals surface area contributed by atoms with E-state index >= 15 is 0 Å². The number of allylic oxidation sites excluding steroid dienone is 2. The van der Waals surface area contributed by atoms with Crippen LogP contribution in [0.4, 0.5) is 0 Å². The van der Waals surface area contributed by atoms with Gasteiger partial charge in [0, 0.05) is 0 Å². The van der Waals surface area contributed by atoms with E-state index < -0.39 is 17.4 Å². The molecule has 0 saturated heterocycles. The van der Waals surface area contributed by atoms with Crippen molar-refractivity contribution in [2.24, 2.45) is 5.92 Å². The molecule has 0 nitrogen and oxygen atoms in total. The molecule has 0 fully saturated rings. The van der Waals surface area contributed by atoms with E-state index in [1.165, 1.54) is 79.8 Å². The van der Waals surface area contributed by atoms with Crippen LogP contribution in [0.1, 0.15) is 75.1 Å². The second-order valence-electron chi connectivity index (χ2n) is 16.3. The van der Waals surface area contributed by atoms with Crippen LogP contribution >= 0.6 is 24.8 Å². The van der Waals surface area contributed by atoms with Crippen LogP contribution in [-0.4, -0.2) is 6.88 Å². The Morgan fingerprint density at radius 3 is 1.73 bits per heavy atom. The van der Waals surface area contributed by atoms with Crippen LogP contribution in [0.2, 0.25) is 9.26 Å². The molecule has 6 aromatic carbocycles. The molecule has 0 bridgehead atoms. The Kier molecular flexibility index (Phi) is 10.9. The molecule has 266 valence electrons. The minimum Gasteiger partial charge on any atom is -0.147 e. The molecule has 4 heteroatoms. The summed E-state index contributed by atoms with van der Waals surface area (Å²) in [5.41, 5.74) is 16.4. The maximum absolute atomic E-state index is 3.84. The van der Waals surface area contributed by atoms with Crippen LogP contribution in [0.5, 0.6) is 0 Å². The zero-order chi connectivity index (χ0) is 34.8. The van der Waals surface area contributed by atoms with Crippen molar-refractivity contribution < 1.29 is 17.4 Å². The molecule has 0 aliphatic heterocycles. The summed E-state index contributed by atoms with van der Waals surface area (Å²) >= 11 is -3.84. The summed E-state index contributed by atoms with van der Waals surface area (Å²) in [6, 6.07) is 43.5. The summed E-state index contributed by atoms with van der Waals surface area (Å²) in [5.74, 6) is 0.601. The van der Waals surface area contributed by atoms with Crippen molar-refractivity contribution >= 4 is 65.4 Å². The summed E-state index contributed by atoms with van der Waals surface area (Å²) in [7, 11) is 0. The van der Waals surface area contributed by atoms with Crippen molar-refractivity contribution in [1.82, 2.24) is 0 Å². The van der Waals surface area contributed by atoms with Gasteiger partial charge in [-0.05, 0) is 0 Å². The average molecular weight is 819 g/mol. The summed E-state index contributed by atoms with van der Waals surface area (Å²) in [6.45, 7) is 12.1. The molecule has 0 radical (unpaired) electrons. The van der Waals surface area contributed by atoms with Gasteiger partial charge >= 0.3 is 304 Å². The number of hydrogen-bond acceptors (Lipinski definition) is 0. The second-order valence-corrected chi connectivity index (χ2v) is 46.8. The quantitative estimate of drug-likeness (QED) is 0.134. The van der Waals surface area contributed by atoms with Crippen molar-refractivity contribution in [3.8, 4) is 22.3 Å². The molecule has 0 saturated carbocycles. The van der Waals surface area contributed by atoms with Gasteiger partial charge in [0.05, 0.1) is 0 Å². The van der Waals surface area contributed by atoms with Crippen molar-refractivity contribution in [3.05, 3.63) is 154 Å². The molecular formula is C48H52Cl2SiZr. The summed E-state index contributed by atoms with van der Waals surface area (Å²) in [5, 5.41) is 5.31. The van der Waals surface area contributed by atoms with Gasteiger partial charge < -0.3 is 0 Å². The molecule has 3 unspecified atom stereocenters. The Morgan fingerprint density at radius 2 is 1.13 bits per heavy atom. The largest absolute Gasteiger partial charge is 0.147 e. The molecule has 0 spiro atoms. The zero-order valence-corrected chi connectivity index (χ0v) is 37.0. The van der Waals surface area contributed by atoms with E-state index in [1.807, 2.05) is 0 Å². The van der Waals surface area contributed by atoms with Crippen molar-refractivity contribution in [3.63, 3.8) is 0 Å². The molecule has 0 amide bonds. The van der Waals surface area contributed by atoms with Crippen molar-refractivity contribution in [2.45, 2.75) is 63.5 Å². The monoisotopic (exact) mass is 816 g/mol. The Balaban J connectivity index is 0.00000232. The first-order valence-corrected chi connectivity index (χ1v) is 32.5. The normalized spacial score (nSPS) is 17.1. The fourth-order valence-corrected chi connectivity index (χ4v) is 30.8. The molecule has 0 N–H and O–H groups in total. The van der Waals surface area contributed by atoms with E-state index in [9.17, 15) is 0 Å². The van der Waals surface area contributed by atoms with E-state index in [-0.39, 0.29) is 24.8 Å². The SMILES string of the molecule is CCCC(CC)C1=Cc2c(-c3cccc4ccccc34)cccc2[CH]1[Zr]([CH3])([CH3])(=[SiH2])[CH]1C(C)=Cc2c(-c3cccc4ccccc34)ccc(C)c21.Cl.Cl. The van der Waals surface area contributed by atoms with Crippen LogP contribution < -0.4 is 0 Å². The van der Waals surface area contributed by atoms with Gasteiger partial charge in [-0.15, -0.1) is 24.8 Å². The van der Waals surface area contributed by atoms with Gasteiger partial charge in [-0.2, -0.15) is 0 Å². The molecule has 2 aliphatic carbocycles. The van der Waals surface area contributed by atoms with Crippen LogP contribution in [0, 0.1) is 12.8 Å². The van der Waals surface area contributed by atoms with Crippen molar-refractivity contribution in [1.29, 1.82) is 0 Å². The zero-order valence-electron chi connectivity index (χ0n) is 31.5. The van der Waals surface area contributed by atoms with Gasteiger partial charge in [-0.1, -0.05) is 0 Å². The number of halogens is 2. The van der Waals surface area contributed by atoms with Crippen LogP contribution in [-0.2, 0) is 17.4 Å². The van der Waals surface area contributed by atoms with E-state index in [1.54, 1.807) is 22.3 Å². The summed E-state index contributed by atoms with van der Waals surface area (Å²) in [6.07, 6.45) is 8.96. The fraction of sp³-hybridized carbons (Fsp3) is 0.250. The number of benzene rings is 6. The Hall–Kier alpha value is -3.00. The number of rotatable bonds is 8. The van der Waals surface area contributed by atoms with E-state index in [0.29, 0.717) is 13.2 Å². The van der Waals surface area contributed by atoms with Gasteiger partial charge in [0.1, 0.15) is 0 Å². The fourth-order valence-electron chi connectivity index (χ4n) is 10.4. The maximum Gasteiger partial charge on any atom is -0.147 e. The molecule has 52 heavy (non-hydrogen) atoms. The topological polar surface area (TPSA) is 0 Å². The standard InChI is InChI=1S/C25H25.C21H17.2CH3.2ClH.H2Si.Zr/c1-3-9-18(4-2)21-16-20-12-8-15-24(25(20)17-21)23-14-7-11-19-10-5-6-13-22(19)23;1-14-12-20-15(2)10-11-19(21(20)13-14)18-9-5-7-16-6-3-4-8-17(16)18;;;;;;/h5-8,10-18H,3-4,9H2,1-2H3;3-13H,1-2H3;2*1H3;2*1H;1H2;. The predicted octanol–water partition coefficient (Wildman–Crippen LogP) is 14.2. The Labute approximate surface area is 326 Å². The summed E-state index contributed by atoms with van der Waals surface area (Å²) in [4.78, 5) is 0. The second kappa shape index (κ2) is 14.7. The third-order valence-electron chi connectivity index (χ3n) is 12.4. The molecule has 8 rings (SSSR count). The minimum absolute atomic E-state index is 0. The number of fused-ring (bicyclic) bond motifs is 4. The molecule has 2 aliphatic rings. The Bertz CT molecular complexity index is 2450. The third kappa shape index (κ3) is 6.17. The van der Waals surface area contributed by atoms with Crippen molar-refractivity contribution in [2.75, 3.05) is 0 Å². The molecular weight excluding hydrogens is 767 g/mol. The molecule has 6 aromatic rings. The first kappa shape index (κ1) is 38.7. The van der Waals surface area contributed by atoms with E-state index in [2.05, 4.69) is 171 Å². The number of aryl methyl sites for hydroxylation is 1. The number of hydrogen-bond donors (Lipinski definition) is 0. The van der Waals surface area contributed by atoms with Gasteiger partial charge in [0.15, 0.2) is 0 Å². The van der Waals surface area contributed by atoms with E-state index in [4.69, 9.17) is 0 Å². The van der Waals surface area contributed by atoms with E-state index in [0.717, 1.165) is 0 Å². The third-order valence-corrected chi connectivity index (χ3v) is 29.9. The smallest absolute Gasteiger partial charge is 0.147 e. The van der Waals surface area contributed by atoms with Gasteiger partial charge in [0.25, 0.3) is 0 Å². The molecule has 0 aromatic heterocycles. The minimum atomic E-state index is -3.84.